The molecule has 3 heterocycles. The Bertz CT molecular complexity index is 1930. The van der Waals surface area contributed by atoms with Crippen molar-refractivity contribution in [1.82, 2.24) is 25.5 Å². The average molecular weight is 630 g/mol. The van der Waals surface area contributed by atoms with Crippen molar-refractivity contribution in [2.24, 2.45) is 0 Å². The Kier molecular flexibility index (Phi) is 8.35. The summed E-state index contributed by atoms with van der Waals surface area (Å²) in [7, 11) is 1.55. The molecule has 0 saturated carbocycles. The molecular weight excluding hydrogens is 595 g/mol. The molecular formula is C35H34F3N5O3. The molecule has 4 N–H and O–H groups in total. The zero-order valence-corrected chi connectivity index (χ0v) is 25.4. The van der Waals surface area contributed by atoms with Gasteiger partial charge in [-0.05, 0) is 47.9 Å². The molecule has 238 valence electrons. The van der Waals surface area contributed by atoms with Crippen molar-refractivity contribution in [3.05, 3.63) is 114 Å². The van der Waals surface area contributed by atoms with Gasteiger partial charge in [-0.15, -0.1) is 0 Å². The van der Waals surface area contributed by atoms with E-state index in [2.05, 4.69) is 25.5 Å². The van der Waals surface area contributed by atoms with E-state index in [-0.39, 0.29) is 18.0 Å². The standard InChI is InChI=1S/C35H34F3N5O3/c1-22(44)42-34(43-16-8-3-9-17-43,29-21-40-30-13-7-5-11-25(29)30)32(27-20-39-31-15-14-24(46-2)18-26(27)31)33(45)41-19-23-10-4-6-12-28(23)35(36,37)38/h3-8,10-15,18,20-21,32,39-40H,9,16-17,19H2,1-2H3,(H,41,45)(H,42,44). The number of benzene rings is 3. The van der Waals surface area contributed by atoms with E-state index in [4.69, 9.17) is 4.74 Å². The number of rotatable bonds is 9. The lowest BCUT2D eigenvalue weighted by Gasteiger charge is -2.49. The summed E-state index contributed by atoms with van der Waals surface area (Å²) in [4.78, 5) is 36.7. The molecule has 0 saturated heterocycles. The first-order valence-corrected chi connectivity index (χ1v) is 15.0. The van der Waals surface area contributed by atoms with Crippen molar-refractivity contribution < 1.29 is 27.5 Å². The Labute approximate surface area is 263 Å². The molecule has 5 aromatic rings. The van der Waals surface area contributed by atoms with Crippen LogP contribution in [0.2, 0.25) is 0 Å². The highest BCUT2D eigenvalue weighted by atomic mass is 19.4. The van der Waals surface area contributed by atoms with Gasteiger partial charge in [0, 0.05) is 66.3 Å². The van der Waals surface area contributed by atoms with Gasteiger partial charge in [0.2, 0.25) is 11.8 Å². The Morgan fingerprint density at radius 1 is 0.935 bits per heavy atom. The molecule has 0 spiro atoms. The second-order valence-corrected chi connectivity index (χ2v) is 11.4. The topological polar surface area (TPSA) is 102 Å². The largest absolute Gasteiger partial charge is 0.497 e. The van der Waals surface area contributed by atoms with Gasteiger partial charge in [-0.1, -0.05) is 48.6 Å². The predicted octanol–water partition coefficient (Wildman–Crippen LogP) is 6.33. The van der Waals surface area contributed by atoms with Crippen LogP contribution in [0.5, 0.6) is 5.75 Å². The highest BCUT2D eigenvalue weighted by molar-refractivity contribution is 5.96. The molecule has 2 atom stereocenters. The molecule has 0 aliphatic carbocycles. The van der Waals surface area contributed by atoms with Crippen molar-refractivity contribution in [2.75, 3.05) is 20.2 Å². The highest BCUT2D eigenvalue weighted by Crippen LogP contribution is 2.46. The fourth-order valence-corrected chi connectivity index (χ4v) is 6.62. The van der Waals surface area contributed by atoms with Gasteiger partial charge in [-0.2, -0.15) is 13.2 Å². The van der Waals surface area contributed by atoms with E-state index in [1.54, 1.807) is 25.6 Å². The van der Waals surface area contributed by atoms with Crippen LogP contribution in [-0.2, 0) is 28.0 Å². The number of hydrogen-bond acceptors (Lipinski definition) is 4. The minimum absolute atomic E-state index is 0.0687. The second-order valence-electron chi connectivity index (χ2n) is 11.4. The molecule has 0 radical (unpaired) electrons. The van der Waals surface area contributed by atoms with E-state index >= 15 is 0 Å². The van der Waals surface area contributed by atoms with E-state index in [0.29, 0.717) is 41.8 Å². The Balaban J connectivity index is 1.60. The van der Waals surface area contributed by atoms with E-state index in [1.807, 2.05) is 48.6 Å². The fraction of sp³-hybridized carbons (Fsp3) is 0.257. The number of nitrogens with one attached hydrogen (secondary N) is 4. The zero-order valence-electron chi connectivity index (χ0n) is 25.4. The molecule has 1 aliphatic heterocycles. The van der Waals surface area contributed by atoms with Crippen LogP contribution in [0.3, 0.4) is 0 Å². The number of aromatic amines is 2. The maximum Gasteiger partial charge on any atom is 0.416 e. The normalized spacial score (nSPS) is 15.8. The maximum atomic E-state index is 14.8. The number of halogens is 3. The number of alkyl halides is 3. The molecule has 2 amide bonds. The summed E-state index contributed by atoms with van der Waals surface area (Å²) in [6.07, 6.45) is 3.62. The molecule has 8 nitrogen and oxygen atoms in total. The molecule has 11 heteroatoms. The van der Waals surface area contributed by atoms with Gasteiger partial charge in [-0.3, -0.25) is 14.5 Å². The van der Waals surface area contributed by atoms with Crippen LogP contribution in [0.4, 0.5) is 13.2 Å². The van der Waals surface area contributed by atoms with Crippen molar-refractivity contribution >= 4 is 33.6 Å². The van der Waals surface area contributed by atoms with Crippen LogP contribution in [0.1, 0.15) is 41.5 Å². The monoisotopic (exact) mass is 629 g/mol. The van der Waals surface area contributed by atoms with E-state index in [0.717, 1.165) is 22.5 Å². The second kappa shape index (κ2) is 12.4. The lowest BCUT2D eigenvalue weighted by molar-refractivity contribution is -0.139. The van der Waals surface area contributed by atoms with Crippen LogP contribution in [0.15, 0.2) is 91.3 Å². The van der Waals surface area contributed by atoms with Crippen molar-refractivity contribution in [2.45, 2.75) is 37.6 Å². The summed E-state index contributed by atoms with van der Waals surface area (Å²) in [6, 6.07) is 18.2. The number of nitrogens with zero attached hydrogens (tertiary/aromatic N) is 1. The van der Waals surface area contributed by atoms with Gasteiger partial charge in [0.1, 0.15) is 17.3 Å². The quantitative estimate of drug-likeness (QED) is 0.143. The van der Waals surface area contributed by atoms with Crippen molar-refractivity contribution in [1.29, 1.82) is 0 Å². The summed E-state index contributed by atoms with van der Waals surface area (Å²) in [5.41, 5.74) is 0.368. The summed E-state index contributed by atoms with van der Waals surface area (Å²) in [5.74, 6) is -1.52. The van der Waals surface area contributed by atoms with Gasteiger partial charge >= 0.3 is 6.18 Å². The van der Waals surface area contributed by atoms with Gasteiger partial charge in [0.25, 0.3) is 0 Å². The molecule has 2 unspecified atom stereocenters. The Morgan fingerprint density at radius 2 is 1.67 bits per heavy atom. The van der Waals surface area contributed by atoms with Crippen LogP contribution in [0.25, 0.3) is 21.8 Å². The first-order chi connectivity index (χ1) is 22.1. The molecule has 6 rings (SSSR count). The summed E-state index contributed by atoms with van der Waals surface area (Å²) >= 11 is 0. The first-order valence-electron chi connectivity index (χ1n) is 15.0. The number of carbonyl (C=O) groups is 2. The Morgan fingerprint density at radius 3 is 2.41 bits per heavy atom. The van der Waals surface area contributed by atoms with Crippen molar-refractivity contribution in [3.63, 3.8) is 0 Å². The van der Waals surface area contributed by atoms with Gasteiger partial charge in [-0.25, -0.2) is 0 Å². The first kappa shape index (κ1) is 31.0. The Hall–Kier alpha value is -5.03. The number of amides is 2. The molecule has 0 fully saturated rings. The van der Waals surface area contributed by atoms with Crippen molar-refractivity contribution in [3.8, 4) is 5.75 Å². The lowest BCUT2D eigenvalue weighted by atomic mass is 9.77. The number of aromatic nitrogens is 2. The average Bonchev–Trinajstić information content (AvgIpc) is 3.68. The van der Waals surface area contributed by atoms with E-state index < -0.39 is 29.2 Å². The van der Waals surface area contributed by atoms with Crippen LogP contribution < -0.4 is 15.4 Å². The minimum atomic E-state index is -4.60. The number of carbonyl (C=O) groups excluding carboxylic acids is 2. The summed E-state index contributed by atoms with van der Waals surface area (Å²) in [5, 5.41) is 7.50. The van der Waals surface area contributed by atoms with E-state index in [1.165, 1.54) is 25.1 Å². The zero-order chi connectivity index (χ0) is 32.5. The van der Waals surface area contributed by atoms with E-state index in [9.17, 15) is 22.8 Å². The fourth-order valence-electron chi connectivity index (χ4n) is 6.62. The van der Waals surface area contributed by atoms with Gasteiger partial charge < -0.3 is 25.3 Å². The third-order valence-corrected chi connectivity index (χ3v) is 8.61. The minimum Gasteiger partial charge on any atom is -0.497 e. The number of para-hydroxylation sites is 1. The van der Waals surface area contributed by atoms with Crippen LogP contribution in [-0.4, -0.2) is 46.9 Å². The predicted molar refractivity (Wildman–Crippen MR) is 170 cm³/mol. The molecule has 3 aromatic carbocycles. The third kappa shape index (κ3) is 5.62. The number of methoxy groups -OCH3 is 1. The third-order valence-electron chi connectivity index (χ3n) is 8.61. The highest BCUT2D eigenvalue weighted by Gasteiger charge is 2.52. The van der Waals surface area contributed by atoms with Gasteiger partial charge in [0.15, 0.2) is 0 Å². The number of hydrogen-bond donors (Lipinski definition) is 4. The summed E-state index contributed by atoms with van der Waals surface area (Å²) < 4.78 is 47.3. The lowest BCUT2D eigenvalue weighted by Crippen LogP contribution is -2.64. The van der Waals surface area contributed by atoms with Gasteiger partial charge in [0.05, 0.1) is 12.7 Å². The van der Waals surface area contributed by atoms with Crippen LogP contribution >= 0.6 is 0 Å². The number of H-pyrrole nitrogens is 2. The SMILES string of the molecule is COc1ccc2[nH]cc(C(C(=O)NCc3ccccc3C(F)(F)F)C(NC(C)=O)(c3c[nH]c4ccccc34)N3CC=CCC3)c2c1. The molecule has 46 heavy (non-hydrogen) atoms. The smallest absolute Gasteiger partial charge is 0.416 e. The van der Waals surface area contributed by atoms with Crippen LogP contribution in [0, 0.1) is 0 Å². The molecule has 0 bridgehead atoms. The maximum absolute atomic E-state index is 14.8. The molecule has 2 aromatic heterocycles. The number of ether oxygens (including phenoxy) is 1. The summed E-state index contributed by atoms with van der Waals surface area (Å²) in [6.45, 7) is 1.94. The molecule has 1 aliphatic rings. The number of fused-ring (bicyclic) bond motifs is 2.